The maximum absolute atomic E-state index is 11.6. The van der Waals surface area contributed by atoms with Crippen LogP contribution in [0, 0.1) is 5.41 Å². The molecule has 0 fully saturated rings. The first-order valence-electron chi connectivity index (χ1n) is 4.96. The van der Waals surface area contributed by atoms with Crippen LogP contribution < -0.4 is 5.32 Å². The predicted octanol–water partition coefficient (Wildman–Crippen LogP) is 2.12. The topological polar surface area (TPSA) is 46.2 Å². The smallest absolute Gasteiger partial charge is 0.241 e. The van der Waals surface area contributed by atoms with E-state index in [0.717, 1.165) is 0 Å². The van der Waals surface area contributed by atoms with Gasteiger partial charge in [-0.2, -0.15) is 0 Å². The van der Waals surface area contributed by atoms with E-state index in [2.05, 4.69) is 5.32 Å². The highest BCUT2D eigenvalue weighted by Crippen LogP contribution is 2.22. The monoisotopic (exact) mass is 233 g/mol. The fourth-order valence-electron chi connectivity index (χ4n) is 1.23. The quantitative estimate of drug-likeness (QED) is 0.759. The first-order chi connectivity index (χ1) is 6.46. The minimum atomic E-state index is -0.987. The molecule has 1 amide bonds. The number of amides is 1. The Morgan fingerprint density at radius 1 is 1.13 bits per heavy atom. The van der Waals surface area contributed by atoms with Gasteiger partial charge in [-0.1, -0.05) is 20.8 Å². The molecule has 0 saturated carbocycles. The van der Waals surface area contributed by atoms with E-state index < -0.39 is 10.9 Å². The van der Waals surface area contributed by atoms with Crippen LogP contribution in [0.1, 0.15) is 41.5 Å². The molecular formula is C11H20ClNO2. The lowest BCUT2D eigenvalue weighted by Gasteiger charge is -2.31. The highest BCUT2D eigenvalue weighted by atomic mass is 35.5. The molecule has 0 aromatic rings. The fraction of sp³-hybridized carbons (Fsp3) is 0.818. The van der Waals surface area contributed by atoms with Gasteiger partial charge in [-0.3, -0.25) is 9.59 Å². The standard InChI is InChI=1S/C11H20ClNO2/c1-7(14)8(10(2,3)4)13-9(15)11(5,6)12/h8H,1-6H3,(H,13,15)/t8-/m1/s1. The number of ketones is 1. The van der Waals surface area contributed by atoms with Gasteiger partial charge in [-0.25, -0.2) is 0 Å². The summed E-state index contributed by atoms with van der Waals surface area (Å²) in [7, 11) is 0. The van der Waals surface area contributed by atoms with Gasteiger partial charge in [0, 0.05) is 0 Å². The summed E-state index contributed by atoms with van der Waals surface area (Å²) in [6.07, 6.45) is 0. The Balaban J connectivity index is 4.74. The van der Waals surface area contributed by atoms with Crippen LogP contribution in [0.25, 0.3) is 0 Å². The van der Waals surface area contributed by atoms with Gasteiger partial charge < -0.3 is 5.32 Å². The number of hydrogen-bond acceptors (Lipinski definition) is 2. The van der Waals surface area contributed by atoms with Crippen LogP contribution in [0.5, 0.6) is 0 Å². The molecule has 0 radical (unpaired) electrons. The molecule has 0 aliphatic heterocycles. The van der Waals surface area contributed by atoms with Crippen molar-refractivity contribution in [2.24, 2.45) is 5.41 Å². The summed E-state index contributed by atoms with van der Waals surface area (Å²) in [5.74, 6) is -0.379. The molecule has 0 bridgehead atoms. The number of hydrogen-bond donors (Lipinski definition) is 1. The highest BCUT2D eigenvalue weighted by Gasteiger charge is 2.34. The van der Waals surface area contributed by atoms with Gasteiger partial charge in [0.1, 0.15) is 4.87 Å². The molecule has 1 atom stereocenters. The van der Waals surface area contributed by atoms with Gasteiger partial charge in [0.2, 0.25) is 5.91 Å². The SMILES string of the molecule is CC(=O)[C@@H](NC(=O)C(C)(C)Cl)C(C)(C)C. The zero-order chi connectivity index (χ0) is 12.4. The van der Waals surface area contributed by atoms with E-state index in [1.54, 1.807) is 13.8 Å². The summed E-state index contributed by atoms with van der Waals surface area (Å²) in [4.78, 5) is 22.0. The molecule has 0 saturated heterocycles. The third kappa shape index (κ3) is 4.65. The van der Waals surface area contributed by atoms with Crippen molar-refractivity contribution in [3.05, 3.63) is 0 Å². The van der Waals surface area contributed by atoms with E-state index in [1.165, 1.54) is 6.92 Å². The lowest BCUT2D eigenvalue weighted by molar-refractivity contribution is -0.130. The van der Waals surface area contributed by atoms with Crippen LogP contribution >= 0.6 is 11.6 Å². The summed E-state index contributed by atoms with van der Waals surface area (Å²) in [6.45, 7) is 10.4. The van der Waals surface area contributed by atoms with Crippen LogP contribution in [0.15, 0.2) is 0 Å². The van der Waals surface area contributed by atoms with E-state index in [0.29, 0.717) is 0 Å². The molecule has 0 aromatic heterocycles. The van der Waals surface area contributed by atoms with Crippen LogP contribution in [0.3, 0.4) is 0 Å². The zero-order valence-electron chi connectivity index (χ0n) is 10.3. The first-order valence-corrected chi connectivity index (χ1v) is 5.34. The minimum absolute atomic E-state index is 0.0585. The maximum Gasteiger partial charge on any atom is 0.241 e. The second-order valence-electron chi connectivity index (χ2n) is 5.36. The average molecular weight is 234 g/mol. The molecule has 3 nitrogen and oxygen atoms in total. The van der Waals surface area contributed by atoms with Gasteiger partial charge in [-0.15, -0.1) is 11.6 Å². The number of carbonyl (C=O) groups excluding carboxylic acids is 2. The normalized spacial score (nSPS) is 14.6. The number of alkyl halides is 1. The fourth-order valence-corrected chi connectivity index (χ4v) is 1.29. The Bertz CT molecular complexity index is 261. The summed E-state index contributed by atoms with van der Waals surface area (Å²) in [5.41, 5.74) is -0.302. The van der Waals surface area contributed by atoms with Crippen molar-refractivity contribution in [2.75, 3.05) is 0 Å². The first kappa shape index (κ1) is 14.4. The number of Topliss-reactive ketones (excluding diaryl/α,β-unsaturated/α-hetero) is 1. The predicted molar refractivity (Wildman–Crippen MR) is 62.0 cm³/mol. The van der Waals surface area contributed by atoms with Gasteiger partial charge in [0.05, 0.1) is 6.04 Å². The van der Waals surface area contributed by atoms with E-state index in [1.807, 2.05) is 20.8 Å². The average Bonchev–Trinajstić information content (AvgIpc) is 1.94. The van der Waals surface area contributed by atoms with Crippen LogP contribution in [0.4, 0.5) is 0 Å². The summed E-state index contributed by atoms with van der Waals surface area (Å²) < 4.78 is 0. The summed E-state index contributed by atoms with van der Waals surface area (Å²) in [6, 6.07) is -0.497. The van der Waals surface area contributed by atoms with Crippen molar-refractivity contribution in [1.82, 2.24) is 5.32 Å². The zero-order valence-corrected chi connectivity index (χ0v) is 11.0. The van der Waals surface area contributed by atoms with Crippen molar-refractivity contribution in [1.29, 1.82) is 0 Å². The molecule has 0 spiro atoms. The van der Waals surface area contributed by atoms with Crippen molar-refractivity contribution < 1.29 is 9.59 Å². The molecule has 0 aliphatic carbocycles. The molecule has 0 aromatic carbocycles. The van der Waals surface area contributed by atoms with Gasteiger partial charge in [0.15, 0.2) is 5.78 Å². The number of rotatable bonds is 3. The van der Waals surface area contributed by atoms with Crippen molar-refractivity contribution >= 4 is 23.3 Å². The highest BCUT2D eigenvalue weighted by molar-refractivity contribution is 6.34. The van der Waals surface area contributed by atoms with Gasteiger partial charge in [0.25, 0.3) is 0 Å². The molecule has 1 N–H and O–H groups in total. The van der Waals surface area contributed by atoms with E-state index in [4.69, 9.17) is 11.6 Å². The van der Waals surface area contributed by atoms with Gasteiger partial charge in [-0.05, 0) is 26.2 Å². The Morgan fingerprint density at radius 3 is 1.73 bits per heavy atom. The molecule has 0 heterocycles. The minimum Gasteiger partial charge on any atom is -0.344 e. The molecular weight excluding hydrogens is 214 g/mol. The Hall–Kier alpha value is -0.570. The number of carbonyl (C=O) groups is 2. The van der Waals surface area contributed by atoms with Crippen LogP contribution in [-0.2, 0) is 9.59 Å². The molecule has 15 heavy (non-hydrogen) atoms. The maximum atomic E-state index is 11.6. The molecule has 0 rings (SSSR count). The van der Waals surface area contributed by atoms with Crippen molar-refractivity contribution in [2.45, 2.75) is 52.5 Å². The van der Waals surface area contributed by atoms with Crippen molar-refractivity contribution in [3.8, 4) is 0 Å². The molecule has 0 unspecified atom stereocenters. The second-order valence-corrected chi connectivity index (χ2v) is 6.30. The number of halogens is 1. The van der Waals surface area contributed by atoms with Gasteiger partial charge >= 0.3 is 0 Å². The van der Waals surface area contributed by atoms with E-state index in [9.17, 15) is 9.59 Å². The Morgan fingerprint density at radius 2 is 1.53 bits per heavy atom. The lowest BCUT2D eigenvalue weighted by atomic mass is 9.84. The van der Waals surface area contributed by atoms with Crippen molar-refractivity contribution in [3.63, 3.8) is 0 Å². The second kappa shape index (κ2) is 4.52. The molecule has 88 valence electrons. The Labute approximate surface area is 96.6 Å². The Kier molecular flexibility index (Phi) is 4.35. The van der Waals surface area contributed by atoms with E-state index >= 15 is 0 Å². The van der Waals surface area contributed by atoms with E-state index in [-0.39, 0.29) is 17.1 Å². The third-order valence-corrected chi connectivity index (χ3v) is 2.26. The molecule has 4 heteroatoms. The largest absolute Gasteiger partial charge is 0.344 e. The van der Waals surface area contributed by atoms with Crippen LogP contribution in [-0.4, -0.2) is 22.6 Å². The van der Waals surface area contributed by atoms with Crippen LogP contribution in [0.2, 0.25) is 0 Å². The lowest BCUT2D eigenvalue weighted by Crippen LogP contribution is -2.52. The summed E-state index contributed by atoms with van der Waals surface area (Å²) >= 11 is 5.86. The summed E-state index contributed by atoms with van der Waals surface area (Å²) in [5, 5.41) is 2.68. The third-order valence-electron chi connectivity index (χ3n) is 2.09. The molecule has 0 aliphatic rings. The number of nitrogens with one attached hydrogen (secondary N) is 1.